The van der Waals surface area contributed by atoms with E-state index in [2.05, 4.69) is 30.2 Å². The second-order valence-corrected chi connectivity index (χ2v) is 8.52. The number of halogens is 2. The van der Waals surface area contributed by atoms with Gasteiger partial charge in [-0.2, -0.15) is 0 Å². The Hall–Kier alpha value is -2.29. The van der Waals surface area contributed by atoms with Gasteiger partial charge < -0.3 is 20.3 Å². The van der Waals surface area contributed by atoms with Crippen LogP contribution in [-0.2, 0) is 0 Å². The predicted molar refractivity (Wildman–Crippen MR) is 116 cm³/mol. The zero-order chi connectivity index (χ0) is 21.1. The van der Waals surface area contributed by atoms with Gasteiger partial charge in [0.05, 0.1) is 11.2 Å². The third-order valence-corrected chi connectivity index (χ3v) is 5.73. The smallest absolute Gasteiger partial charge is 0.183 e. The Labute approximate surface area is 179 Å². The first-order valence-electron chi connectivity index (χ1n) is 10.3. The molecule has 7 nitrogen and oxygen atoms in total. The number of fused-ring (bicyclic) bond motifs is 1. The Morgan fingerprint density at radius 1 is 1.40 bits per heavy atom. The highest BCUT2D eigenvalue weighted by Gasteiger charge is 2.22. The number of H-pyrrole nitrogens is 1. The average molecular weight is 433 g/mol. The maximum atomic E-state index is 14.4. The van der Waals surface area contributed by atoms with Crippen molar-refractivity contribution in [2.75, 3.05) is 38.1 Å². The molecule has 3 aromatic rings. The van der Waals surface area contributed by atoms with Crippen LogP contribution in [0.3, 0.4) is 0 Å². The van der Waals surface area contributed by atoms with Crippen molar-refractivity contribution in [3.63, 3.8) is 0 Å². The van der Waals surface area contributed by atoms with E-state index in [9.17, 15) is 9.50 Å². The van der Waals surface area contributed by atoms with Crippen LogP contribution in [0, 0.1) is 17.7 Å². The molecule has 3 aromatic heterocycles. The first-order chi connectivity index (χ1) is 14.5. The van der Waals surface area contributed by atoms with E-state index in [1.165, 1.54) is 6.20 Å². The van der Waals surface area contributed by atoms with Crippen molar-refractivity contribution in [1.29, 1.82) is 0 Å². The average Bonchev–Trinajstić information content (AvgIpc) is 3.16. The first kappa shape index (κ1) is 21.0. The van der Waals surface area contributed by atoms with Crippen LogP contribution in [0.5, 0.6) is 0 Å². The molecular weight excluding hydrogens is 407 g/mol. The molecule has 160 valence electrons. The fourth-order valence-electron chi connectivity index (χ4n) is 4.01. The monoisotopic (exact) mass is 432 g/mol. The van der Waals surface area contributed by atoms with Crippen molar-refractivity contribution in [1.82, 2.24) is 24.8 Å². The third-order valence-electron chi connectivity index (χ3n) is 5.53. The quantitative estimate of drug-likeness (QED) is 0.529. The second kappa shape index (κ2) is 9.24. The molecule has 1 aliphatic heterocycles. The number of aliphatic hydroxyl groups excluding tert-OH is 1. The molecule has 4 rings (SSSR count). The van der Waals surface area contributed by atoms with Crippen molar-refractivity contribution in [2.24, 2.45) is 11.8 Å². The lowest BCUT2D eigenvalue weighted by atomic mass is 9.97. The molecule has 3 N–H and O–H groups in total. The van der Waals surface area contributed by atoms with E-state index in [0.29, 0.717) is 29.0 Å². The van der Waals surface area contributed by atoms with Gasteiger partial charge in [0.1, 0.15) is 5.65 Å². The van der Waals surface area contributed by atoms with Crippen molar-refractivity contribution < 1.29 is 9.50 Å². The van der Waals surface area contributed by atoms with Gasteiger partial charge in [-0.25, -0.2) is 19.3 Å². The summed E-state index contributed by atoms with van der Waals surface area (Å²) in [7, 11) is 0. The molecule has 2 unspecified atom stereocenters. The van der Waals surface area contributed by atoms with Crippen LogP contribution in [0.1, 0.15) is 19.8 Å². The Balaban J connectivity index is 1.47. The number of aromatic nitrogens is 4. The molecule has 0 amide bonds. The molecule has 1 aliphatic rings. The summed E-state index contributed by atoms with van der Waals surface area (Å²) in [4.78, 5) is 18.3. The molecule has 2 atom stereocenters. The molecule has 0 aromatic carbocycles. The summed E-state index contributed by atoms with van der Waals surface area (Å²) < 4.78 is 14.4. The van der Waals surface area contributed by atoms with Crippen LogP contribution in [0.15, 0.2) is 24.7 Å². The van der Waals surface area contributed by atoms with Crippen molar-refractivity contribution >= 4 is 28.5 Å². The highest BCUT2D eigenvalue weighted by atomic mass is 35.5. The van der Waals surface area contributed by atoms with Gasteiger partial charge in [-0.1, -0.05) is 18.5 Å². The van der Waals surface area contributed by atoms with Crippen LogP contribution < -0.4 is 5.32 Å². The molecule has 9 heteroatoms. The zero-order valence-corrected chi connectivity index (χ0v) is 17.7. The minimum atomic E-state index is -0.476. The maximum Gasteiger partial charge on any atom is 0.183 e. The maximum absolute atomic E-state index is 14.4. The number of nitrogens with zero attached hydrogens (tertiary/aromatic N) is 4. The Morgan fingerprint density at radius 2 is 2.27 bits per heavy atom. The highest BCUT2D eigenvalue weighted by molar-refractivity contribution is 6.31. The van der Waals surface area contributed by atoms with Gasteiger partial charge in [-0.15, -0.1) is 0 Å². The topological polar surface area (TPSA) is 90.0 Å². The molecule has 1 fully saturated rings. The number of rotatable bonds is 7. The summed E-state index contributed by atoms with van der Waals surface area (Å²) in [5.41, 5.74) is 1.40. The summed E-state index contributed by atoms with van der Waals surface area (Å²) in [6, 6.07) is 1.79. The number of aromatic amines is 1. The predicted octanol–water partition coefficient (Wildman–Crippen LogP) is 3.56. The lowest BCUT2D eigenvalue weighted by Gasteiger charge is -2.34. The number of aliphatic hydroxyl groups is 1. The normalized spacial score (nSPS) is 18.6. The minimum Gasteiger partial charge on any atom is -0.396 e. The molecule has 4 heterocycles. The number of piperidine rings is 1. The standard InChI is InChI=1S/C21H26ClFN6O/c1-13(12-30)10-29-4-2-3-14(11-29)6-24-21-18(23)9-27-20(28-21)17-8-26-19-16(17)5-15(22)7-25-19/h5,7-9,13-14,30H,2-4,6,10-12H2,1H3,(H,25,26)(H,24,27,28). The van der Waals surface area contributed by atoms with Crippen molar-refractivity contribution in [3.05, 3.63) is 35.5 Å². The van der Waals surface area contributed by atoms with Gasteiger partial charge >= 0.3 is 0 Å². The number of pyridine rings is 1. The van der Waals surface area contributed by atoms with Gasteiger partial charge in [-0.3, -0.25) is 0 Å². The van der Waals surface area contributed by atoms with Crippen molar-refractivity contribution in [3.8, 4) is 11.4 Å². The van der Waals surface area contributed by atoms with Gasteiger partial charge in [-0.05, 0) is 37.3 Å². The van der Waals surface area contributed by atoms with Crippen LogP contribution >= 0.6 is 11.6 Å². The number of anilines is 1. The van der Waals surface area contributed by atoms with Gasteiger partial charge in [0.2, 0.25) is 0 Å². The number of likely N-dealkylation sites (tertiary alicyclic amines) is 1. The van der Waals surface area contributed by atoms with Crippen molar-refractivity contribution in [2.45, 2.75) is 19.8 Å². The van der Waals surface area contributed by atoms with Crippen LogP contribution in [-0.4, -0.2) is 62.7 Å². The number of hydrogen-bond acceptors (Lipinski definition) is 6. The lowest BCUT2D eigenvalue weighted by Crippen LogP contribution is -2.40. The summed E-state index contributed by atoms with van der Waals surface area (Å²) in [5.74, 6) is 0.800. The summed E-state index contributed by atoms with van der Waals surface area (Å²) in [5, 5.41) is 13.8. The third kappa shape index (κ3) is 4.71. The van der Waals surface area contributed by atoms with E-state index >= 15 is 0 Å². The number of nitrogens with one attached hydrogen (secondary N) is 2. The highest BCUT2D eigenvalue weighted by Crippen LogP contribution is 2.28. The number of hydrogen-bond donors (Lipinski definition) is 3. The summed E-state index contributed by atoms with van der Waals surface area (Å²) in [6.45, 7) is 5.75. The Bertz CT molecular complexity index is 1010. The molecule has 1 saturated heterocycles. The summed E-state index contributed by atoms with van der Waals surface area (Å²) in [6.07, 6.45) is 6.70. The molecule has 30 heavy (non-hydrogen) atoms. The minimum absolute atomic E-state index is 0.197. The van der Waals surface area contributed by atoms with E-state index in [1.807, 2.05) is 6.92 Å². The molecule has 0 aliphatic carbocycles. The Morgan fingerprint density at radius 3 is 3.10 bits per heavy atom. The van der Waals surface area contributed by atoms with E-state index in [1.54, 1.807) is 18.5 Å². The molecule has 0 saturated carbocycles. The summed E-state index contributed by atoms with van der Waals surface area (Å²) >= 11 is 6.07. The van der Waals surface area contributed by atoms with Gasteiger partial charge in [0, 0.05) is 49.6 Å². The fourth-order valence-corrected chi connectivity index (χ4v) is 4.16. The fraction of sp³-hybridized carbons (Fsp3) is 0.476. The molecule has 0 bridgehead atoms. The van der Waals surface area contributed by atoms with E-state index < -0.39 is 5.82 Å². The lowest BCUT2D eigenvalue weighted by molar-refractivity contribution is 0.131. The molecular formula is C21H26ClFN6O. The van der Waals surface area contributed by atoms with Gasteiger partial charge in [0.25, 0.3) is 0 Å². The molecule has 0 radical (unpaired) electrons. The van der Waals surface area contributed by atoms with Crippen LogP contribution in [0.2, 0.25) is 5.02 Å². The Kier molecular flexibility index (Phi) is 6.46. The zero-order valence-electron chi connectivity index (χ0n) is 16.9. The van der Waals surface area contributed by atoms with Crippen LogP contribution in [0.4, 0.5) is 10.2 Å². The first-order valence-corrected chi connectivity index (χ1v) is 10.6. The van der Waals surface area contributed by atoms with Gasteiger partial charge in [0.15, 0.2) is 17.5 Å². The molecule has 0 spiro atoms. The van der Waals surface area contributed by atoms with E-state index in [4.69, 9.17) is 11.6 Å². The van der Waals surface area contributed by atoms with E-state index in [0.717, 1.165) is 43.4 Å². The second-order valence-electron chi connectivity index (χ2n) is 8.08. The van der Waals surface area contributed by atoms with E-state index in [-0.39, 0.29) is 18.3 Å². The van der Waals surface area contributed by atoms with Crippen LogP contribution in [0.25, 0.3) is 22.4 Å². The largest absolute Gasteiger partial charge is 0.396 e. The SMILES string of the molecule is CC(CO)CN1CCCC(CNc2nc(-c3c[nH]c4ncc(Cl)cc34)ncc2F)C1.